The van der Waals surface area contributed by atoms with Crippen LogP contribution in [0.3, 0.4) is 0 Å². The zero-order chi connectivity index (χ0) is 17.7. The van der Waals surface area contributed by atoms with Crippen molar-refractivity contribution in [2.24, 2.45) is 0 Å². The molecule has 0 radical (unpaired) electrons. The highest BCUT2D eigenvalue weighted by atomic mass is 16.4. The van der Waals surface area contributed by atoms with Crippen LogP contribution in [-0.4, -0.2) is 58.9 Å². The Kier molecular flexibility index (Phi) is 5.30. The van der Waals surface area contributed by atoms with E-state index in [1.165, 1.54) is 19.2 Å². The molecule has 1 aromatic rings. The van der Waals surface area contributed by atoms with Crippen molar-refractivity contribution < 1.29 is 24.6 Å². The van der Waals surface area contributed by atoms with E-state index >= 15 is 0 Å². The SMILES string of the molecule is CC(=O)N1CCN(c2nccc(NC=C(C(=O)[O-])C(=O)[O-])n2)CC1. The zero-order valence-corrected chi connectivity index (χ0v) is 12.9. The van der Waals surface area contributed by atoms with Gasteiger partial charge < -0.3 is 34.9 Å². The summed E-state index contributed by atoms with van der Waals surface area (Å²) in [5.41, 5.74) is -1.02. The lowest BCUT2D eigenvalue weighted by Gasteiger charge is -2.34. The molecule has 1 fully saturated rings. The van der Waals surface area contributed by atoms with Gasteiger partial charge in [-0.2, -0.15) is 4.98 Å². The second-order valence-electron chi connectivity index (χ2n) is 5.01. The van der Waals surface area contributed by atoms with Gasteiger partial charge in [-0.3, -0.25) is 4.79 Å². The van der Waals surface area contributed by atoms with Gasteiger partial charge in [-0.1, -0.05) is 0 Å². The van der Waals surface area contributed by atoms with Crippen molar-refractivity contribution in [2.75, 3.05) is 36.4 Å². The van der Waals surface area contributed by atoms with Crippen molar-refractivity contribution in [3.63, 3.8) is 0 Å². The Morgan fingerprint density at radius 3 is 2.33 bits per heavy atom. The molecular formula is C14H15N5O5-2. The van der Waals surface area contributed by atoms with Crippen molar-refractivity contribution in [1.29, 1.82) is 0 Å². The molecule has 2 heterocycles. The molecule has 1 aromatic heterocycles. The molecular weight excluding hydrogens is 318 g/mol. The standard InChI is InChI=1S/C14H17N5O5/c1-9(20)18-4-6-19(7-5-18)14-15-3-2-11(17-14)16-8-10(12(21)22)13(23)24/h2-3,8H,4-7H2,1H3,(H,21,22)(H,23,24)(H,15,16,17)/p-2. The average Bonchev–Trinajstić information content (AvgIpc) is 2.54. The molecule has 0 saturated carbocycles. The minimum absolute atomic E-state index is 0.00760. The number of carbonyl (C=O) groups is 3. The molecule has 1 saturated heterocycles. The molecule has 0 aromatic carbocycles. The summed E-state index contributed by atoms with van der Waals surface area (Å²) in [6.45, 7) is 3.73. The van der Waals surface area contributed by atoms with E-state index in [1.807, 2.05) is 4.90 Å². The number of aromatic nitrogens is 2. The van der Waals surface area contributed by atoms with Crippen LogP contribution >= 0.6 is 0 Å². The average molecular weight is 333 g/mol. The maximum absolute atomic E-state index is 11.3. The largest absolute Gasteiger partial charge is 0.545 e. The number of aliphatic carboxylic acids is 2. The number of carbonyl (C=O) groups excluding carboxylic acids is 3. The molecule has 1 aliphatic rings. The molecule has 24 heavy (non-hydrogen) atoms. The first-order valence-corrected chi connectivity index (χ1v) is 7.11. The number of rotatable bonds is 5. The quantitative estimate of drug-likeness (QED) is 0.337. The van der Waals surface area contributed by atoms with Crippen LogP contribution in [0.15, 0.2) is 24.0 Å². The molecule has 2 rings (SSSR count). The topological polar surface area (TPSA) is 142 Å². The normalized spacial score (nSPS) is 14.0. The second kappa shape index (κ2) is 7.40. The number of nitrogens with one attached hydrogen (secondary N) is 1. The van der Waals surface area contributed by atoms with Crippen LogP contribution in [0, 0.1) is 0 Å². The van der Waals surface area contributed by atoms with E-state index < -0.39 is 17.5 Å². The van der Waals surface area contributed by atoms with E-state index in [4.69, 9.17) is 0 Å². The highest BCUT2D eigenvalue weighted by Gasteiger charge is 2.20. The highest BCUT2D eigenvalue weighted by molar-refractivity contribution is 6.10. The fraction of sp³-hybridized carbons (Fsp3) is 0.357. The van der Waals surface area contributed by atoms with Crippen LogP contribution < -0.4 is 20.4 Å². The number of nitrogens with zero attached hydrogens (tertiary/aromatic N) is 4. The van der Waals surface area contributed by atoms with E-state index in [2.05, 4.69) is 15.3 Å². The third kappa shape index (κ3) is 4.18. The molecule has 0 atom stereocenters. The number of hydrogen-bond donors (Lipinski definition) is 1. The van der Waals surface area contributed by atoms with Crippen LogP contribution in [-0.2, 0) is 14.4 Å². The summed E-state index contributed by atoms with van der Waals surface area (Å²) in [5.74, 6) is -3.11. The van der Waals surface area contributed by atoms with Crippen LogP contribution in [0.1, 0.15) is 6.92 Å². The van der Waals surface area contributed by atoms with E-state index in [0.29, 0.717) is 32.1 Å². The first-order valence-electron chi connectivity index (χ1n) is 7.11. The summed E-state index contributed by atoms with van der Waals surface area (Å²) in [6, 6.07) is 1.45. The van der Waals surface area contributed by atoms with Gasteiger partial charge in [0.05, 0.1) is 11.9 Å². The number of carboxylic acid groups (broad SMARTS) is 2. The van der Waals surface area contributed by atoms with Gasteiger partial charge in [0, 0.05) is 51.1 Å². The summed E-state index contributed by atoms with van der Waals surface area (Å²) < 4.78 is 0. The van der Waals surface area contributed by atoms with Crippen molar-refractivity contribution >= 4 is 29.6 Å². The lowest BCUT2D eigenvalue weighted by atomic mass is 10.3. The van der Waals surface area contributed by atoms with Crippen molar-refractivity contribution in [1.82, 2.24) is 14.9 Å². The molecule has 0 unspecified atom stereocenters. The molecule has 1 aliphatic heterocycles. The molecule has 1 N–H and O–H groups in total. The highest BCUT2D eigenvalue weighted by Crippen LogP contribution is 2.13. The summed E-state index contributed by atoms with van der Waals surface area (Å²) >= 11 is 0. The van der Waals surface area contributed by atoms with Gasteiger partial charge in [0.15, 0.2) is 0 Å². The predicted octanol–water partition coefficient (Wildman–Crippen LogP) is -3.06. The van der Waals surface area contributed by atoms with Gasteiger partial charge in [-0.15, -0.1) is 0 Å². The van der Waals surface area contributed by atoms with Gasteiger partial charge in [-0.25, -0.2) is 4.98 Å². The Morgan fingerprint density at radius 2 is 1.79 bits per heavy atom. The van der Waals surface area contributed by atoms with Crippen molar-refractivity contribution in [3.05, 3.63) is 24.0 Å². The maximum Gasteiger partial charge on any atom is 0.227 e. The Balaban J connectivity index is 2.07. The van der Waals surface area contributed by atoms with Gasteiger partial charge in [0.25, 0.3) is 0 Å². The maximum atomic E-state index is 11.3. The first-order chi connectivity index (χ1) is 11.4. The van der Waals surface area contributed by atoms with Gasteiger partial charge in [0.2, 0.25) is 11.9 Å². The van der Waals surface area contributed by atoms with E-state index in [9.17, 15) is 24.6 Å². The number of carboxylic acids is 2. The molecule has 10 nitrogen and oxygen atoms in total. The summed E-state index contributed by atoms with van der Waals surface area (Å²) in [7, 11) is 0. The number of piperazine rings is 1. The number of hydrogen-bond acceptors (Lipinski definition) is 9. The van der Waals surface area contributed by atoms with E-state index in [0.717, 1.165) is 6.20 Å². The van der Waals surface area contributed by atoms with Gasteiger partial charge in [0.1, 0.15) is 5.82 Å². The predicted molar refractivity (Wildman–Crippen MR) is 78.2 cm³/mol. The molecule has 128 valence electrons. The number of amides is 1. The lowest BCUT2D eigenvalue weighted by Crippen LogP contribution is -2.48. The molecule has 0 spiro atoms. The van der Waals surface area contributed by atoms with Gasteiger partial charge in [-0.05, 0) is 6.07 Å². The van der Waals surface area contributed by atoms with Crippen molar-refractivity contribution in [3.8, 4) is 0 Å². The Hall–Kier alpha value is -3.17. The van der Waals surface area contributed by atoms with Crippen LogP contribution in [0.25, 0.3) is 0 Å². The molecule has 10 heteroatoms. The second-order valence-corrected chi connectivity index (χ2v) is 5.01. The van der Waals surface area contributed by atoms with Crippen LogP contribution in [0.5, 0.6) is 0 Å². The van der Waals surface area contributed by atoms with Crippen LogP contribution in [0.2, 0.25) is 0 Å². The monoisotopic (exact) mass is 333 g/mol. The first kappa shape index (κ1) is 17.2. The third-order valence-electron chi connectivity index (χ3n) is 3.45. The fourth-order valence-corrected chi connectivity index (χ4v) is 2.15. The Labute approximate surface area is 137 Å². The fourth-order valence-electron chi connectivity index (χ4n) is 2.15. The van der Waals surface area contributed by atoms with Crippen LogP contribution in [0.4, 0.5) is 11.8 Å². The van der Waals surface area contributed by atoms with Crippen molar-refractivity contribution in [2.45, 2.75) is 6.92 Å². The molecule has 0 bridgehead atoms. The van der Waals surface area contributed by atoms with E-state index in [-0.39, 0.29) is 11.7 Å². The van der Waals surface area contributed by atoms with Gasteiger partial charge >= 0.3 is 0 Å². The third-order valence-corrected chi connectivity index (χ3v) is 3.45. The van der Waals surface area contributed by atoms with E-state index in [1.54, 1.807) is 4.90 Å². The zero-order valence-electron chi connectivity index (χ0n) is 12.9. The molecule has 0 aliphatic carbocycles. The summed E-state index contributed by atoms with van der Waals surface area (Å²) in [6.07, 6.45) is 2.19. The Bertz CT molecular complexity index is 666. The summed E-state index contributed by atoms with van der Waals surface area (Å²) in [5, 5.41) is 23.8. The summed E-state index contributed by atoms with van der Waals surface area (Å²) in [4.78, 5) is 44.5. The minimum atomic E-state index is -1.86. The smallest absolute Gasteiger partial charge is 0.227 e. The Morgan fingerprint density at radius 1 is 1.17 bits per heavy atom. The number of anilines is 2. The lowest BCUT2D eigenvalue weighted by molar-refractivity contribution is -0.312. The molecule has 1 amide bonds. The minimum Gasteiger partial charge on any atom is -0.545 e.